The summed E-state index contributed by atoms with van der Waals surface area (Å²) in [6, 6.07) is 18.9. The van der Waals surface area contributed by atoms with Crippen molar-refractivity contribution >= 4 is 35.1 Å². The Bertz CT molecular complexity index is 1180. The Morgan fingerprint density at radius 2 is 1.81 bits per heavy atom. The van der Waals surface area contributed by atoms with Gasteiger partial charge in [-0.25, -0.2) is 9.37 Å². The Hall–Kier alpha value is -3.23. The molecule has 0 radical (unpaired) electrons. The van der Waals surface area contributed by atoms with E-state index in [0.717, 1.165) is 5.69 Å². The molecule has 0 aliphatic heterocycles. The van der Waals surface area contributed by atoms with Gasteiger partial charge in [-0.3, -0.25) is 9.36 Å². The number of nitrogens with zero attached hydrogens (tertiary/aromatic N) is 4. The van der Waals surface area contributed by atoms with Crippen LogP contribution in [0.3, 0.4) is 0 Å². The van der Waals surface area contributed by atoms with Gasteiger partial charge in [-0.1, -0.05) is 41.6 Å². The van der Waals surface area contributed by atoms with Crippen LogP contribution in [0.4, 0.5) is 10.2 Å². The SMILES string of the molecule is CC(Sc1nnc(-c2ccc(F)cc2)n1-c1ccccc1)C(=O)Nc1ccc(Cl)cn1. The van der Waals surface area contributed by atoms with Gasteiger partial charge in [0, 0.05) is 17.4 Å². The lowest BCUT2D eigenvalue weighted by molar-refractivity contribution is -0.115. The molecule has 0 fully saturated rings. The van der Waals surface area contributed by atoms with Crippen LogP contribution in [-0.4, -0.2) is 30.9 Å². The van der Waals surface area contributed by atoms with Gasteiger partial charge in [-0.15, -0.1) is 10.2 Å². The van der Waals surface area contributed by atoms with Gasteiger partial charge in [0.25, 0.3) is 0 Å². The summed E-state index contributed by atoms with van der Waals surface area (Å²) in [4.78, 5) is 16.7. The number of amides is 1. The third-order valence-corrected chi connectivity index (χ3v) is 5.65. The second-order valence-electron chi connectivity index (χ2n) is 6.60. The van der Waals surface area contributed by atoms with Crippen LogP contribution in [0.15, 0.2) is 78.1 Å². The minimum Gasteiger partial charge on any atom is -0.310 e. The lowest BCUT2D eigenvalue weighted by atomic mass is 10.2. The first-order chi connectivity index (χ1) is 15.0. The molecule has 0 bridgehead atoms. The molecule has 156 valence electrons. The van der Waals surface area contributed by atoms with E-state index in [1.165, 1.54) is 30.1 Å². The number of aromatic nitrogens is 4. The van der Waals surface area contributed by atoms with Gasteiger partial charge in [0.05, 0.1) is 10.3 Å². The Morgan fingerprint density at radius 1 is 1.06 bits per heavy atom. The number of carbonyl (C=O) groups excluding carboxylic acids is 1. The van der Waals surface area contributed by atoms with Crippen LogP contribution >= 0.6 is 23.4 Å². The van der Waals surface area contributed by atoms with Crippen LogP contribution in [0, 0.1) is 5.82 Å². The second kappa shape index (κ2) is 9.28. The summed E-state index contributed by atoms with van der Waals surface area (Å²) < 4.78 is 15.2. The van der Waals surface area contributed by atoms with Crippen molar-refractivity contribution < 1.29 is 9.18 Å². The summed E-state index contributed by atoms with van der Waals surface area (Å²) in [5, 5.41) is 11.9. The van der Waals surface area contributed by atoms with E-state index in [1.54, 1.807) is 31.2 Å². The highest BCUT2D eigenvalue weighted by molar-refractivity contribution is 8.00. The van der Waals surface area contributed by atoms with Gasteiger partial charge in [-0.05, 0) is 55.5 Å². The maximum absolute atomic E-state index is 13.4. The van der Waals surface area contributed by atoms with E-state index < -0.39 is 5.25 Å². The van der Waals surface area contributed by atoms with E-state index in [0.29, 0.717) is 27.4 Å². The van der Waals surface area contributed by atoms with Gasteiger partial charge in [0.2, 0.25) is 5.91 Å². The van der Waals surface area contributed by atoms with Crippen molar-refractivity contribution in [3.63, 3.8) is 0 Å². The van der Waals surface area contributed by atoms with Crippen molar-refractivity contribution in [1.82, 2.24) is 19.7 Å². The third-order valence-electron chi connectivity index (χ3n) is 4.38. The minimum atomic E-state index is -0.481. The minimum absolute atomic E-state index is 0.231. The zero-order chi connectivity index (χ0) is 21.8. The first kappa shape index (κ1) is 21.0. The smallest absolute Gasteiger partial charge is 0.238 e. The molecule has 4 aromatic rings. The van der Waals surface area contributed by atoms with Crippen LogP contribution in [0.2, 0.25) is 5.02 Å². The molecule has 1 amide bonds. The number of hydrogen-bond acceptors (Lipinski definition) is 5. The number of hydrogen-bond donors (Lipinski definition) is 1. The molecule has 1 N–H and O–H groups in total. The summed E-state index contributed by atoms with van der Waals surface area (Å²) in [5.41, 5.74) is 1.55. The molecular formula is C22H17ClFN5OS. The number of pyridine rings is 1. The highest BCUT2D eigenvalue weighted by atomic mass is 35.5. The highest BCUT2D eigenvalue weighted by Crippen LogP contribution is 2.30. The predicted molar refractivity (Wildman–Crippen MR) is 120 cm³/mol. The fourth-order valence-corrected chi connectivity index (χ4v) is 3.81. The van der Waals surface area contributed by atoms with Crippen molar-refractivity contribution in [2.24, 2.45) is 0 Å². The maximum atomic E-state index is 13.4. The van der Waals surface area contributed by atoms with E-state index in [9.17, 15) is 9.18 Å². The quantitative estimate of drug-likeness (QED) is 0.404. The highest BCUT2D eigenvalue weighted by Gasteiger charge is 2.22. The van der Waals surface area contributed by atoms with Crippen LogP contribution in [0.1, 0.15) is 6.92 Å². The van der Waals surface area contributed by atoms with Crippen LogP contribution in [0.5, 0.6) is 0 Å². The van der Waals surface area contributed by atoms with Crippen molar-refractivity contribution in [1.29, 1.82) is 0 Å². The Kier molecular flexibility index (Phi) is 6.29. The maximum Gasteiger partial charge on any atom is 0.238 e. The summed E-state index contributed by atoms with van der Waals surface area (Å²) in [5.74, 6) is 0.412. The molecule has 1 unspecified atom stereocenters. The molecule has 0 aliphatic rings. The number of halogens is 2. The first-order valence-corrected chi connectivity index (χ1v) is 10.6. The lowest BCUT2D eigenvalue weighted by Crippen LogP contribution is -2.23. The number of anilines is 1. The molecule has 0 saturated carbocycles. The van der Waals surface area contributed by atoms with Gasteiger partial charge in [0.15, 0.2) is 11.0 Å². The Labute approximate surface area is 187 Å². The number of carbonyl (C=O) groups is 1. The Morgan fingerprint density at radius 3 is 2.48 bits per heavy atom. The first-order valence-electron chi connectivity index (χ1n) is 9.37. The number of benzene rings is 2. The van der Waals surface area contributed by atoms with E-state index in [1.807, 2.05) is 34.9 Å². The largest absolute Gasteiger partial charge is 0.310 e. The fraction of sp³-hybridized carbons (Fsp3) is 0.0909. The molecule has 2 aromatic heterocycles. The molecule has 2 heterocycles. The van der Waals surface area contributed by atoms with E-state index >= 15 is 0 Å². The summed E-state index contributed by atoms with van der Waals surface area (Å²) in [7, 11) is 0. The zero-order valence-electron chi connectivity index (χ0n) is 16.4. The average Bonchev–Trinajstić information content (AvgIpc) is 3.19. The number of rotatable bonds is 6. The van der Waals surface area contributed by atoms with Crippen LogP contribution in [0.25, 0.3) is 17.1 Å². The fourth-order valence-electron chi connectivity index (χ4n) is 2.83. The number of thioether (sulfide) groups is 1. The zero-order valence-corrected chi connectivity index (χ0v) is 17.9. The molecular weight excluding hydrogens is 437 g/mol. The number of nitrogens with one attached hydrogen (secondary N) is 1. The predicted octanol–water partition coefficient (Wildman–Crippen LogP) is 5.24. The number of para-hydroxylation sites is 1. The van der Waals surface area contributed by atoms with Gasteiger partial charge < -0.3 is 5.32 Å². The van der Waals surface area contributed by atoms with Gasteiger partial charge in [0.1, 0.15) is 11.6 Å². The molecule has 6 nitrogen and oxygen atoms in total. The molecule has 31 heavy (non-hydrogen) atoms. The second-order valence-corrected chi connectivity index (χ2v) is 8.34. The molecule has 4 rings (SSSR count). The molecule has 1 atom stereocenters. The van der Waals surface area contributed by atoms with Crippen molar-refractivity contribution in [2.45, 2.75) is 17.3 Å². The molecule has 0 saturated heterocycles. The average molecular weight is 454 g/mol. The lowest BCUT2D eigenvalue weighted by Gasteiger charge is -2.14. The van der Waals surface area contributed by atoms with E-state index in [4.69, 9.17) is 11.6 Å². The van der Waals surface area contributed by atoms with Crippen LogP contribution in [-0.2, 0) is 4.79 Å². The van der Waals surface area contributed by atoms with Gasteiger partial charge in [-0.2, -0.15) is 0 Å². The normalized spacial score (nSPS) is 11.8. The summed E-state index contributed by atoms with van der Waals surface area (Å²) >= 11 is 7.10. The van der Waals surface area contributed by atoms with Gasteiger partial charge >= 0.3 is 0 Å². The van der Waals surface area contributed by atoms with E-state index in [-0.39, 0.29) is 11.7 Å². The standard InChI is InChI=1S/C22H17ClFN5OS/c1-14(21(30)26-19-12-9-16(23)13-25-19)31-22-28-27-20(15-7-10-17(24)11-8-15)29(22)18-5-3-2-4-6-18/h2-14H,1H3,(H,25,26,30). The molecule has 0 aliphatic carbocycles. The van der Waals surface area contributed by atoms with Crippen molar-refractivity contribution in [3.05, 3.63) is 83.8 Å². The molecule has 2 aromatic carbocycles. The molecule has 0 spiro atoms. The summed E-state index contributed by atoms with van der Waals surface area (Å²) in [6.45, 7) is 1.78. The van der Waals surface area contributed by atoms with Crippen molar-refractivity contribution in [3.8, 4) is 17.1 Å². The summed E-state index contributed by atoms with van der Waals surface area (Å²) in [6.07, 6.45) is 1.47. The van der Waals surface area contributed by atoms with E-state index in [2.05, 4.69) is 20.5 Å². The monoisotopic (exact) mass is 453 g/mol. The topological polar surface area (TPSA) is 72.7 Å². The van der Waals surface area contributed by atoms with Crippen molar-refractivity contribution in [2.75, 3.05) is 5.32 Å². The third kappa shape index (κ3) is 4.92. The molecule has 9 heteroatoms. The Balaban J connectivity index is 1.62. The van der Waals surface area contributed by atoms with Crippen LogP contribution < -0.4 is 5.32 Å².